The number of aromatic amines is 2. The Morgan fingerprint density at radius 2 is 1.94 bits per heavy atom. The first-order valence-electron chi connectivity index (χ1n) is 10.2. The number of alkyl halides is 3. The molecule has 0 radical (unpaired) electrons. The average molecular weight is 428 g/mol. The molecule has 0 atom stereocenters. The highest BCUT2D eigenvalue weighted by Gasteiger charge is 2.32. The molecule has 160 valence electrons. The quantitative estimate of drug-likeness (QED) is 0.543. The highest BCUT2D eigenvalue weighted by atomic mass is 19.4. The lowest BCUT2D eigenvalue weighted by molar-refractivity contribution is -0.345. The van der Waals surface area contributed by atoms with Crippen LogP contribution in [0.2, 0.25) is 0 Å². The Morgan fingerprint density at radius 3 is 2.65 bits per heavy atom. The van der Waals surface area contributed by atoms with Gasteiger partial charge in [0.2, 0.25) is 0 Å². The van der Waals surface area contributed by atoms with Crippen LogP contribution >= 0.6 is 0 Å². The van der Waals surface area contributed by atoms with Crippen molar-refractivity contribution in [1.82, 2.24) is 19.4 Å². The molecular weight excluding hydrogens is 407 g/mol. The fourth-order valence-electron chi connectivity index (χ4n) is 4.43. The van der Waals surface area contributed by atoms with Crippen molar-refractivity contribution in [2.45, 2.75) is 31.6 Å². The van der Waals surface area contributed by atoms with Gasteiger partial charge in [-0.15, -0.1) is 0 Å². The van der Waals surface area contributed by atoms with Crippen molar-refractivity contribution in [3.8, 4) is 0 Å². The van der Waals surface area contributed by atoms with Crippen LogP contribution in [0.15, 0.2) is 53.8 Å². The van der Waals surface area contributed by atoms with Gasteiger partial charge in [0, 0.05) is 44.1 Å². The van der Waals surface area contributed by atoms with Gasteiger partial charge in [-0.1, -0.05) is 6.07 Å². The second kappa shape index (κ2) is 7.49. The van der Waals surface area contributed by atoms with Gasteiger partial charge in [-0.05, 0) is 30.5 Å². The zero-order valence-corrected chi connectivity index (χ0v) is 16.6. The molecule has 0 unspecified atom stereocenters. The summed E-state index contributed by atoms with van der Waals surface area (Å²) in [6.07, 6.45) is 4.13. The molecule has 6 nitrogen and oxygen atoms in total. The van der Waals surface area contributed by atoms with E-state index in [1.165, 1.54) is 12.3 Å². The number of fused-ring (bicyclic) bond motifs is 3. The minimum absolute atomic E-state index is 0.0159. The van der Waals surface area contributed by atoms with Crippen molar-refractivity contribution in [2.24, 2.45) is 0 Å². The van der Waals surface area contributed by atoms with Gasteiger partial charge in [-0.2, -0.15) is 13.2 Å². The highest BCUT2D eigenvalue weighted by molar-refractivity contribution is 6.00. The normalized spacial score (nSPS) is 16.4. The Morgan fingerprint density at radius 1 is 1.13 bits per heavy atom. The molecule has 1 fully saturated rings. The van der Waals surface area contributed by atoms with Gasteiger partial charge < -0.3 is 4.57 Å². The first-order chi connectivity index (χ1) is 14.9. The molecule has 1 saturated heterocycles. The third-order valence-corrected chi connectivity index (χ3v) is 6.00. The molecule has 9 heteroatoms. The fraction of sp³-hybridized carbons (Fsp3) is 0.318. The maximum absolute atomic E-state index is 12.7. The minimum atomic E-state index is -4.42. The molecule has 4 aromatic heterocycles. The lowest BCUT2D eigenvalue weighted by Crippen LogP contribution is -2.34. The summed E-state index contributed by atoms with van der Waals surface area (Å²) >= 11 is 0. The van der Waals surface area contributed by atoms with Crippen molar-refractivity contribution in [3.63, 3.8) is 0 Å². The summed E-state index contributed by atoms with van der Waals surface area (Å²) in [6, 6.07) is 6.35. The molecule has 0 spiro atoms. The topological polar surface area (TPSA) is 68.1 Å². The summed E-state index contributed by atoms with van der Waals surface area (Å²) in [5, 5.41) is 1.64. The number of aromatic nitrogens is 4. The van der Waals surface area contributed by atoms with E-state index in [0.29, 0.717) is 11.9 Å². The summed E-state index contributed by atoms with van der Waals surface area (Å²) < 4.78 is 40.3. The van der Waals surface area contributed by atoms with Crippen LogP contribution in [-0.2, 0) is 12.7 Å². The molecule has 5 rings (SSSR count). The molecule has 4 aromatic rings. The Kier molecular flexibility index (Phi) is 4.77. The third kappa shape index (κ3) is 3.69. The number of rotatable bonds is 3. The van der Waals surface area contributed by atoms with E-state index in [4.69, 9.17) is 0 Å². The molecule has 0 amide bonds. The van der Waals surface area contributed by atoms with Gasteiger partial charge in [-0.25, -0.2) is 9.97 Å². The Balaban J connectivity index is 1.34. The summed E-state index contributed by atoms with van der Waals surface area (Å²) in [4.78, 5) is 24.5. The van der Waals surface area contributed by atoms with E-state index in [0.717, 1.165) is 54.1 Å². The highest BCUT2D eigenvalue weighted by Crippen LogP contribution is 2.30. The van der Waals surface area contributed by atoms with Crippen LogP contribution < -0.4 is 10.4 Å². The number of pyridine rings is 3. The van der Waals surface area contributed by atoms with Crippen LogP contribution in [0.4, 0.5) is 13.2 Å². The van der Waals surface area contributed by atoms with Gasteiger partial charge in [0.1, 0.15) is 11.9 Å². The monoisotopic (exact) mass is 428 g/mol. The molecule has 31 heavy (non-hydrogen) atoms. The zero-order chi connectivity index (χ0) is 21.6. The standard InChI is InChI=1S/C22H20F3N5O/c23-22(24,25)19-2-1-14(11-27-19)13-29-8-4-15(5-9-29)30-10-6-18(31)17-12-28-21-16(20(17)30)3-7-26-21/h1-3,6-7,10-12,15H,4-5,8-9,13H2,(H,26,28)/p+1. The van der Waals surface area contributed by atoms with Gasteiger partial charge in [0.15, 0.2) is 5.43 Å². The maximum atomic E-state index is 12.7. The smallest absolute Gasteiger partial charge is 0.343 e. The first-order valence-corrected chi connectivity index (χ1v) is 10.2. The van der Waals surface area contributed by atoms with Crippen molar-refractivity contribution in [1.29, 1.82) is 0 Å². The zero-order valence-electron chi connectivity index (χ0n) is 16.6. The number of nitrogens with zero attached hydrogens (tertiary/aromatic N) is 3. The fourth-order valence-corrected chi connectivity index (χ4v) is 4.43. The largest absolute Gasteiger partial charge is 0.433 e. The molecule has 2 N–H and O–H groups in total. The van der Waals surface area contributed by atoms with Gasteiger partial charge in [0.05, 0.1) is 22.5 Å². The lowest BCUT2D eigenvalue weighted by atomic mass is 10.0. The number of piperidine rings is 1. The maximum Gasteiger partial charge on any atom is 0.433 e. The number of H-pyrrole nitrogens is 2. The van der Waals surface area contributed by atoms with E-state index in [1.807, 2.05) is 18.5 Å². The summed E-state index contributed by atoms with van der Waals surface area (Å²) in [6.45, 7) is 2.20. The SMILES string of the molecule is O=c1ccn(C2CCN(Cc3ccc(C(F)(F)F)nc3)CC2)c2c1c[nH+]c1[nH]ccc12. The van der Waals surface area contributed by atoms with Crippen LogP contribution in [0, 0.1) is 0 Å². The lowest BCUT2D eigenvalue weighted by Gasteiger charge is -2.33. The number of nitrogens with one attached hydrogen (secondary N) is 2. The summed E-state index contributed by atoms with van der Waals surface area (Å²) in [7, 11) is 0. The second-order valence-electron chi connectivity index (χ2n) is 7.96. The molecule has 1 aliphatic heterocycles. The molecular formula is C22H21F3N5O+. The van der Waals surface area contributed by atoms with Gasteiger partial charge >= 0.3 is 6.18 Å². The third-order valence-electron chi connectivity index (χ3n) is 6.00. The Labute approximate surface area is 175 Å². The van der Waals surface area contributed by atoms with Crippen LogP contribution in [0.3, 0.4) is 0 Å². The summed E-state index contributed by atoms with van der Waals surface area (Å²) in [5.74, 6) is 0. The van der Waals surface area contributed by atoms with E-state index in [9.17, 15) is 18.0 Å². The Bertz CT molecular complexity index is 1280. The molecule has 5 heterocycles. The molecule has 1 aliphatic rings. The number of hydrogen-bond acceptors (Lipinski definition) is 3. The number of likely N-dealkylation sites (tertiary alicyclic amines) is 1. The number of hydrogen-bond donors (Lipinski definition) is 1. The van der Waals surface area contributed by atoms with Gasteiger partial charge in [-0.3, -0.25) is 14.7 Å². The van der Waals surface area contributed by atoms with Crippen LogP contribution in [-0.4, -0.2) is 32.5 Å². The first kappa shape index (κ1) is 19.7. The Hall–Kier alpha value is -3.20. The van der Waals surface area contributed by atoms with Crippen LogP contribution in [0.5, 0.6) is 0 Å². The van der Waals surface area contributed by atoms with Crippen molar-refractivity contribution >= 4 is 21.9 Å². The average Bonchev–Trinajstić information content (AvgIpc) is 3.24. The molecule has 0 bridgehead atoms. The van der Waals surface area contributed by atoms with E-state index in [2.05, 4.69) is 24.4 Å². The predicted octanol–water partition coefficient (Wildman–Crippen LogP) is 3.55. The van der Waals surface area contributed by atoms with Crippen molar-refractivity contribution < 1.29 is 18.2 Å². The van der Waals surface area contributed by atoms with Crippen LogP contribution in [0.25, 0.3) is 21.9 Å². The molecule has 0 saturated carbocycles. The predicted molar refractivity (Wildman–Crippen MR) is 109 cm³/mol. The molecule has 0 aromatic carbocycles. The minimum Gasteiger partial charge on any atom is -0.343 e. The van der Waals surface area contributed by atoms with E-state index in [1.54, 1.807) is 12.3 Å². The molecule has 0 aliphatic carbocycles. The van der Waals surface area contributed by atoms with Crippen LogP contribution in [0.1, 0.15) is 30.1 Å². The van der Waals surface area contributed by atoms with E-state index < -0.39 is 11.9 Å². The summed E-state index contributed by atoms with van der Waals surface area (Å²) in [5.41, 5.74) is 1.68. The van der Waals surface area contributed by atoms with Crippen molar-refractivity contribution in [2.75, 3.05) is 13.1 Å². The van der Waals surface area contributed by atoms with Gasteiger partial charge in [0.25, 0.3) is 5.65 Å². The second-order valence-corrected chi connectivity index (χ2v) is 7.96. The number of halogens is 3. The van der Waals surface area contributed by atoms with Crippen molar-refractivity contribution in [3.05, 3.63) is 70.5 Å². The van der Waals surface area contributed by atoms with E-state index >= 15 is 0 Å². The van der Waals surface area contributed by atoms with E-state index in [-0.39, 0.29) is 11.5 Å².